The van der Waals surface area contributed by atoms with E-state index in [0.29, 0.717) is 26.0 Å². The zero-order valence-electron chi connectivity index (χ0n) is 11.0. The number of aliphatic hydroxyl groups excluding tert-OH is 1. The van der Waals surface area contributed by atoms with E-state index in [-0.39, 0.29) is 12.5 Å². The van der Waals surface area contributed by atoms with Gasteiger partial charge in [0, 0.05) is 24.9 Å². The lowest BCUT2D eigenvalue weighted by molar-refractivity contribution is -0.134. The number of anilines is 1. The van der Waals surface area contributed by atoms with Crippen LogP contribution >= 0.6 is 0 Å². The van der Waals surface area contributed by atoms with Gasteiger partial charge in [0.25, 0.3) is 5.91 Å². The maximum Gasteiger partial charge on any atom is 0.256 e. The topological polar surface area (TPSA) is 59.0 Å². The molecular weight excluding hydrogens is 246 g/mol. The van der Waals surface area contributed by atoms with Gasteiger partial charge in [-0.05, 0) is 25.0 Å². The predicted octanol–water partition coefficient (Wildman–Crippen LogP) is 1.20. The maximum absolute atomic E-state index is 12.3. The zero-order valence-corrected chi connectivity index (χ0v) is 11.0. The molecule has 1 N–H and O–H groups in total. The summed E-state index contributed by atoms with van der Waals surface area (Å²) in [6.45, 7) is 1.13. The summed E-state index contributed by atoms with van der Waals surface area (Å²) in [7, 11) is 1.60. The Morgan fingerprint density at radius 1 is 1.53 bits per heavy atom. The number of carbonyl (C=O) groups is 1. The summed E-state index contributed by atoms with van der Waals surface area (Å²) in [5, 5.41) is 8.84. The Kier molecular flexibility index (Phi) is 4.76. The van der Waals surface area contributed by atoms with Crippen molar-refractivity contribution in [3.05, 3.63) is 24.3 Å². The molecule has 19 heavy (non-hydrogen) atoms. The number of aliphatic hydroxyl groups is 1. The third-order valence-electron chi connectivity index (χ3n) is 3.16. The number of carbonyl (C=O) groups excluding carboxylic acids is 1. The monoisotopic (exact) mass is 265 g/mol. The van der Waals surface area contributed by atoms with Gasteiger partial charge in [0.2, 0.25) is 0 Å². The Hall–Kier alpha value is -1.59. The van der Waals surface area contributed by atoms with Crippen LogP contribution in [0.4, 0.5) is 5.69 Å². The van der Waals surface area contributed by atoms with Gasteiger partial charge in [-0.2, -0.15) is 0 Å². The minimum absolute atomic E-state index is 0.0482. The lowest BCUT2D eigenvalue weighted by Crippen LogP contribution is -2.48. The second-order valence-corrected chi connectivity index (χ2v) is 4.42. The van der Waals surface area contributed by atoms with E-state index in [2.05, 4.69) is 0 Å². The summed E-state index contributed by atoms with van der Waals surface area (Å²) in [6, 6.07) is 7.43. The average Bonchev–Trinajstić information content (AvgIpc) is 2.46. The first-order valence-electron chi connectivity index (χ1n) is 6.44. The lowest BCUT2D eigenvalue weighted by Gasteiger charge is -2.32. The molecule has 0 bridgehead atoms. The zero-order chi connectivity index (χ0) is 13.7. The second-order valence-electron chi connectivity index (χ2n) is 4.42. The number of nitrogens with zero attached hydrogens (tertiary/aromatic N) is 1. The van der Waals surface area contributed by atoms with Gasteiger partial charge in [-0.3, -0.25) is 4.79 Å². The van der Waals surface area contributed by atoms with E-state index in [1.54, 1.807) is 12.0 Å². The van der Waals surface area contributed by atoms with E-state index < -0.39 is 6.10 Å². The van der Waals surface area contributed by atoms with Gasteiger partial charge in [0.1, 0.15) is 11.9 Å². The van der Waals surface area contributed by atoms with Crippen molar-refractivity contribution < 1.29 is 19.4 Å². The Bertz CT molecular complexity index is 435. The van der Waals surface area contributed by atoms with Crippen molar-refractivity contribution in [1.29, 1.82) is 0 Å². The molecule has 104 valence electrons. The predicted molar refractivity (Wildman–Crippen MR) is 71.4 cm³/mol. The first-order valence-corrected chi connectivity index (χ1v) is 6.44. The molecule has 1 aliphatic heterocycles. The number of amides is 1. The van der Waals surface area contributed by atoms with Crippen LogP contribution in [0.25, 0.3) is 0 Å². The van der Waals surface area contributed by atoms with Crippen molar-refractivity contribution in [2.24, 2.45) is 0 Å². The molecule has 1 atom stereocenters. The smallest absolute Gasteiger partial charge is 0.256 e. The molecule has 1 aromatic carbocycles. The maximum atomic E-state index is 12.3. The molecule has 0 spiro atoms. The van der Waals surface area contributed by atoms with Crippen molar-refractivity contribution in [2.75, 3.05) is 31.8 Å². The molecule has 1 heterocycles. The third kappa shape index (κ3) is 3.24. The Morgan fingerprint density at radius 2 is 2.37 bits per heavy atom. The van der Waals surface area contributed by atoms with Crippen molar-refractivity contribution in [3.8, 4) is 5.75 Å². The average molecular weight is 265 g/mol. The second kappa shape index (κ2) is 6.54. The molecule has 1 aromatic rings. The molecule has 0 radical (unpaired) electrons. The standard InChI is InChI=1S/C14H19NO4/c1-18-12-5-2-4-11(10-12)15-7-9-19-13(14(15)17)6-3-8-16/h2,4-5,10,13,16H,3,6-9H2,1H3. The number of benzene rings is 1. The highest BCUT2D eigenvalue weighted by Gasteiger charge is 2.30. The first kappa shape index (κ1) is 13.8. The van der Waals surface area contributed by atoms with Crippen molar-refractivity contribution >= 4 is 11.6 Å². The Labute approximate surface area is 112 Å². The fraction of sp³-hybridized carbons (Fsp3) is 0.500. The van der Waals surface area contributed by atoms with Gasteiger partial charge in [-0.1, -0.05) is 6.07 Å². The molecule has 5 nitrogen and oxygen atoms in total. The first-order chi connectivity index (χ1) is 9.26. The molecule has 0 aliphatic carbocycles. The summed E-state index contributed by atoms with van der Waals surface area (Å²) < 4.78 is 10.6. The van der Waals surface area contributed by atoms with E-state index in [1.807, 2.05) is 24.3 Å². The molecule has 1 fully saturated rings. The van der Waals surface area contributed by atoms with Gasteiger partial charge in [-0.25, -0.2) is 0 Å². The number of hydrogen-bond donors (Lipinski definition) is 1. The van der Waals surface area contributed by atoms with Crippen LogP contribution in [0.15, 0.2) is 24.3 Å². The highest BCUT2D eigenvalue weighted by atomic mass is 16.5. The fourth-order valence-electron chi connectivity index (χ4n) is 2.16. The van der Waals surface area contributed by atoms with Crippen LogP contribution in [0.2, 0.25) is 0 Å². The van der Waals surface area contributed by atoms with E-state index in [4.69, 9.17) is 14.6 Å². The number of morpholine rings is 1. The number of methoxy groups -OCH3 is 1. The fourth-order valence-corrected chi connectivity index (χ4v) is 2.16. The van der Waals surface area contributed by atoms with Crippen molar-refractivity contribution in [2.45, 2.75) is 18.9 Å². The van der Waals surface area contributed by atoms with Gasteiger partial charge in [-0.15, -0.1) is 0 Å². The largest absolute Gasteiger partial charge is 0.497 e. The van der Waals surface area contributed by atoms with Gasteiger partial charge < -0.3 is 19.5 Å². The van der Waals surface area contributed by atoms with Gasteiger partial charge in [0.05, 0.1) is 13.7 Å². The number of hydrogen-bond acceptors (Lipinski definition) is 4. The molecule has 1 saturated heterocycles. The lowest BCUT2D eigenvalue weighted by atomic mass is 10.1. The highest BCUT2D eigenvalue weighted by Crippen LogP contribution is 2.24. The molecular formula is C14H19NO4. The van der Waals surface area contributed by atoms with Gasteiger partial charge >= 0.3 is 0 Å². The van der Waals surface area contributed by atoms with E-state index in [1.165, 1.54) is 0 Å². The van der Waals surface area contributed by atoms with Crippen LogP contribution in [-0.2, 0) is 9.53 Å². The minimum Gasteiger partial charge on any atom is -0.497 e. The molecule has 0 saturated carbocycles. The summed E-state index contributed by atoms with van der Waals surface area (Å²) in [4.78, 5) is 14.0. The number of rotatable bonds is 5. The summed E-state index contributed by atoms with van der Waals surface area (Å²) in [5.41, 5.74) is 0.821. The van der Waals surface area contributed by atoms with Crippen LogP contribution in [0, 0.1) is 0 Å². The van der Waals surface area contributed by atoms with Crippen LogP contribution in [-0.4, -0.2) is 44.0 Å². The normalized spacial score (nSPS) is 19.6. The molecule has 2 rings (SSSR count). The summed E-state index contributed by atoms with van der Waals surface area (Å²) in [6.07, 6.45) is 0.671. The van der Waals surface area contributed by atoms with Crippen molar-refractivity contribution in [3.63, 3.8) is 0 Å². The van der Waals surface area contributed by atoms with Crippen LogP contribution in [0.1, 0.15) is 12.8 Å². The molecule has 5 heteroatoms. The molecule has 1 unspecified atom stereocenters. The quantitative estimate of drug-likeness (QED) is 0.869. The van der Waals surface area contributed by atoms with E-state index >= 15 is 0 Å². The van der Waals surface area contributed by atoms with E-state index in [9.17, 15) is 4.79 Å². The third-order valence-corrected chi connectivity index (χ3v) is 3.16. The number of ether oxygens (including phenoxy) is 2. The summed E-state index contributed by atoms with van der Waals surface area (Å²) >= 11 is 0. The Morgan fingerprint density at radius 3 is 3.11 bits per heavy atom. The Balaban J connectivity index is 2.12. The molecule has 1 amide bonds. The van der Waals surface area contributed by atoms with Crippen LogP contribution in [0.3, 0.4) is 0 Å². The van der Waals surface area contributed by atoms with Crippen LogP contribution < -0.4 is 9.64 Å². The van der Waals surface area contributed by atoms with E-state index in [0.717, 1.165) is 11.4 Å². The minimum atomic E-state index is -0.452. The summed E-state index contributed by atoms with van der Waals surface area (Å²) in [5.74, 6) is 0.677. The molecule has 1 aliphatic rings. The molecule has 0 aromatic heterocycles. The van der Waals surface area contributed by atoms with Crippen LogP contribution in [0.5, 0.6) is 5.75 Å². The SMILES string of the molecule is COc1cccc(N2CCOC(CCCO)C2=O)c1. The van der Waals surface area contributed by atoms with Crippen molar-refractivity contribution in [1.82, 2.24) is 0 Å². The highest BCUT2D eigenvalue weighted by molar-refractivity contribution is 5.97. The van der Waals surface area contributed by atoms with Gasteiger partial charge in [0.15, 0.2) is 0 Å².